The number of hydrogen-bond acceptors (Lipinski definition) is 4. The van der Waals surface area contributed by atoms with Gasteiger partial charge in [-0.2, -0.15) is 0 Å². The molecule has 4 nitrogen and oxygen atoms in total. The summed E-state index contributed by atoms with van der Waals surface area (Å²) in [6.45, 7) is 6.60. The number of hydrogen-bond donors (Lipinski definition) is 2. The summed E-state index contributed by atoms with van der Waals surface area (Å²) < 4.78 is 0. The van der Waals surface area contributed by atoms with Crippen LogP contribution in [0.4, 0.5) is 0 Å². The van der Waals surface area contributed by atoms with Gasteiger partial charge < -0.3 is 20.6 Å². The van der Waals surface area contributed by atoms with Crippen LogP contribution < -0.4 is 5.73 Å². The molecular formula is C11H23N3O. The van der Waals surface area contributed by atoms with Gasteiger partial charge in [0.25, 0.3) is 0 Å². The van der Waals surface area contributed by atoms with Crippen molar-refractivity contribution in [2.24, 2.45) is 23.5 Å². The van der Waals surface area contributed by atoms with E-state index in [2.05, 4.69) is 16.8 Å². The second-order valence-electron chi connectivity index (χ2n) is 5.14. The monoisotopic (exact) mass is 213 g/mol. The van der Waals surface area contributed by atoms with Crippen molar-refractivity contribution in [2.45, 2.75) is 0 Å². The zero-order chi connectivity index (χ0) is 10.8. The standard InChI is InChI=1S/C11H23N3O/c1-13-4-9-6-14(3-2-12)7-10(5-13)11(9)8-15/h9-11,15H,2-8,12H2,1H3. The number of nitrogens with two attached hydrogens (primary N) is 1. The molecule has 3 N–H and O–H groups in total. The van der Waals surface area contributed by atoms with E-state index in [0.29, 0.717) is 24.4 Å². The van der Waals surface area contributed by atoms with E-state index in [1.54, 1.807) is 0 Å². The number of rotatable bonds is 3. The molecule has 2 aliphatic rings. The third-order valence-corrected chi connectivity index (χ3v) is 3.94. The molecule has 2 aliphatic heterocycles. The fourth-order valence-corrected chi connectivity index (χ4v) is 3.32. The lowest BCUT2D eigenvalue weighted by molar-refractivity contribution is -0.0342. The number of piperidine rings is 2. The minimum absolute atomic E-state index is 0.361. The van der Waals surface area contributed by atoms with E-state index >= 15 is 0 Å². The van der Waals surface area contributed by atoms with Crippen molar-refractivity contribution < 1.29 is 5.11 Å². The summed E-state index contributed by atoms with van der Waals surface area (Å²) in [6, 6.07) is 0. The Morgan fingerprint density at radius 2 is 1.80 bits per heavy atom. The first-order valence-electron chi connectivity index (χ1n) is 5.96. The second-order valence-corrected chi connectivity index (χ2v) is 5.14. The lowest BCUT2D eigenvalue weighted by Crippen LogP contribution is -2.58. The van der Waals surface area contributed by atoms with Crippen molar-refractivity contribution in [1.82, 2.24) is 9.80 Å². The SMILES string of the molecule is CN1CC2CN(CCN)CC(C1)C2CO. The summed E-state index contributed by atoms with van der Waals surface area (Å²) in [7, 11) is 2.19. The minimum Gasteiger partial charge on any atom is -0.396 e. The van der Waals surface area contributed by atoms with Gasteiger partial charge >= 0.3 is 0 Å². The van der Waals surface area contributed by atoms with Crippen LogP contribution in [0.1, 0.15) is 0 Å². The molecule has 2 rings (SSSR count). The first-order chi connectivity index (χ1) is 7.24. The minimum atomic E-state index is 0.361. The third-order valence-electron chi connectivity index (χ3n) is 3.94. The summed E-state index contributed by atoms with van der Waals surface area (Å²) in [6.07, 6.45) is 0. The van der Waals surface area contributed by atoms with E-state index in [1.165, 1.54) is 0 Å². The summed E-state index contributed by atoms with van der Waals surface area (Å²) >= 11 is 0. The average molecular weight is 213 g/mol. The molecule has 0 saturated carbocycles. The van der Waals surface area contributed by atoms with E-state index in [9.17, 15) is 5.11 Å². The molecule has 2 fully saturated rings. The molecule has 0 radical (unpaired) electrons. The molecular weight excluding hydrogens is 190 g/mol. The Morgan fingerprint density at radius 3 is 2.27 bits per heavy atom. The number of likely N-dealkylation sites (tertiary alicyclic amines) is 2. The largest absolute Gasteiger partial charge is 0.396 e. The lowest BCUT2D eigenvalue weighted by atomic mass is 9.74. The molecule has 2 atom stereocenters. The molecule has 0 spiro atoms. The fourth-order valence-electron chi connectivity index (χ4n) is 3.32. The van der Waals surface area contributed by atoms with Crippen molar-refractivity contribution in [3.05, 3.63) is 0 Å². The fraction of sp³-hybridized carbons (Fsp3) is 1.00. The first-order valence-corrected chi connectivity index (χ1v) is 5.96. The topological polar surface area (TPSA) is 52.7 Å². The summed E-state index contributed by atoms with van der Waals surface area (Å²) in [5, 5.41) is 9.44. The molecule has 0 aromatic rings. The van der Waals surface area contributed by atoms with Gasteiger partial charge in [-0.15, -0.1) is 0 Å². The van der Waals surface area contributed by atoms with Crippen LogP contribution in [0.2, 0.25) is 0 Å². The molecule has 2 bridgehead atoms. The van der Waals surface area contributed by atoms with Gasteiger partial charge in [-0.3, -0.25) is 0 Å². The Hall–Kier alpha value is -0.160. The molecule has 0 aliphatic carbocycles. The first kappa shape index (κ1) is 11.3. The number of aliphatic hydroxyl groups is 1. The smallest absolute Gasteiger partial charge is 0.0466 e. The second kappa shape index (κ2) is 4.78. The lowest BCUT2D eigenvalue weighted by Gasteiger charge is -2.49. The van der Waals surface area contributed by atoms with Crippen LogP contribution in [-0.4, -0.2) is 67.8 Å². The van der Waals surface area contributed by atoms with Gasteiger partial charge in [-0.25, -0.2) is 0 Å². The number of fused-ring (bicyclic) bond motifs is 2. The van der Waals surface area contributed by atoms with Gasteiger partial charge in [0.1, 0.15) is 0 Å². The van der Waals surface area contributed by atoms with E-state index in [-0.39, 0.29) is 0 Å². The van der Waals surface area contributed by atoms with Gasteiger partial charge in [-0.05, 0) is 24.8 Å². The molecule has 0 aromatic carbocycles. The van der Waals surface area contributed by atoms with Crippen LogP contribution in [-0.2, 0) is 0 Å². The number of aliphatic hydroxyl groups excluding tert-OH is 1. The van der Waals surface area contributed by atoms with Crippen molar-refractivity contribution in [3.63, 3.8) is 0 Å². The van der Waals surface area contributed by atoms with Crippen molar-refractivity contribution in [3.8, 4) is 0 Å². The normalized spacial score (nSPS) is 38.2. The highest BCUT2D eigenvalue weighted by Gasteiger charge is 2.40. The number of nitrogens with zero attached hydrogens (tertiary/aromatic N) is 2. The Kier molecular flexibility index (Phi) is 3.61. The van der Waals surface area contributed by atoms with E-state index in [0.717, 1.165) is 39.3 Å². The van der Waals surface area contributed by atoms with E-state index < -0.39 is 0 Å². The maximum absolute atomic E-state index is 9.44. The van der Waals surface area contributed by atoms with Crippen LogP contribution in [0.5, 0.6) is 0 Å². The zero-order valence-corrected chi connectivity index (χ0v) is 9.60. The van der Waals surface area contributed by atoms with Crippen LogP contribution in [0.15, 0.2) is 0 Å². The Balaban J connectivity index is 2.01. The van der Waals surface area contributed by atoms with E-state index in [4.69, 9.17) is 5.73 Å². The zero-order valence-electron chi connectivity index (χ0n) is 9.60. The van der Waals surface area contributed by atoms with Crippen molar-refractivity contribution in [1.29, 1.82) is 0 Å². The van der Waals surface area contributed by atoms with E-state index in [1.807, 2.05) is 0 Å². The molecule has 88 valence electrons. The predicted molar refractivity (Wildman–Crippen MR) is 60.5 cm³/mol. The van der Waals surface area contributed by atoms with Crippen molar-refractivity contribution >= 4 is 0 Å². The Morgan fingerprint density at radius 1 is 1.20 bits per heavy atom. The summed E-state index contributed by atoms with van der Waals surface area (Å²) in [5.41, 5.74) is 5.60. The highest BCUT2D eigenvalue weighted by atomic mass is 16.3. The van der Waals surface area contributed by atoms with Gasteiger partial charge in [0, 0.05) is 45.9 Å². The molecule has 2 heterocycles. The quantitative estimate of drug-likeness (QED) is 0.634. The molecule has 0 amide bonds. The molecule has 2 saturated heterocycles. The highest BCUT2D eigenvalue weighted by molar-refractivity contribution is 4.92. The van der Waals surface area contributed by atoms with Gasteiger partial charge in [0.2, 0.25) is 0 Å². The molecule has 15 heavy (non-hydrogen) atoms. The van der Waals surface area contributed by atoms with Gasteiger partial charge in [0.15, 0.2) is 0 Å². The van der Waals surface area contributed by atoms with Gasteiger partial charge in [0.05, 0.1) is 0 Å². The highest BCUT2D eigenvalue weighted by Crippen LogP contribution is 2.33. The third kappa shape index (κ3) is 2.33. The van der Waals surface area contributed by atoms with Crippen LogP contribution in [0, 0.1) is 17.8 Å². The van der Waals surface area contributed by atoms with Gasteiger partial charge in [-0.1, -0.05) is 0 Å². The van der Waals surface area contributed by atoms with Crippen LogP contribution in [0.25, 0.3) is 0 Å². The predicted octanol–water partition coefficient (Wildman–Crippen LogP) is -0.953. The van der Waals surface area contributed by atoms with Crippen LogP contribution >= 0.6 is 0 Å². The summed E-state index contributed by atoms with van der Waals surface area (Å²) in [5.74, 6) is 1.80. The average Bonchev–Trinajstić information content (AvgIpc) is 2.16. The maximum atomic E-state index is 9.44. The molecule has 2 unspecified atom stereocenters. The van der Waals surface area contributed by atoms with Crippen molar-refractivity contribution in [2.75, 3.05) is 52.9 Å². The molecule has 4 heteroatoms. The maximum Gasteiger partial charge on any atom is 0.0466 e. The molecule has 0 aromatic heterocycles. The Bertz CT molecular complexity index is 196. The summed E-state index contributed by atoms with van der Waals surface area (Å²) in [4.78, 5) is 4.87. The van der Waals surface area contributed by atoms with Crippen LogP contribution in [0.3, 0.4) is 0 Å². The Labute approximate surface area is 92.0 Å².